The molecule has 0 unspecified atom stereocenters. The summed E-state index contributed by atoms with van der Waals surface area (Å²) in [4.78, 5) is 2.47. The fourth-order valence-electron chi connectivity index (χ4n) is 2.76. The standard InChI is InChI=1S/C14H17FINO/c15-12-2-1-11(13(16)7-12)8-17-5-3-14(4-6-17)9-18-10-14/h1-2,7H,3-6,8-10H2. The Balaban J connectivity index is 1.60. The zero-order valence-electron chi connectivity index (χ0n) is 10.3. The molecule has 0 aliphatic carbocycles. The average Bonchev–Trinajstić information content (AvgIpc) is 2.32. The maximum atomic E-state index is 13.0. The van der Waals surface area contributed by atoms with E-state index in [1.54, 1.807) is 12.1 Å². The third-order valence-corrected chi connectivity index (χ3v) is 5.15. The predicted molar refractivity (Wildman–Crippen MR) is 76.9 cm³/mol. The van der Waals surface area contributed by atoms with Crippen LogP contribution in [-0.2, 0) is 11.3 Å². The molecular weight excluding hydrogens is 344 g/mol. The van der Waals surface area contributed by atoms with Crippen LogP contribution in [0.2, 0.25) is 0 Å². The van der Waals surface area contributed by atoms with Crippen molar-refractivity contribution in [1.82, 2.24) is 4.90 Å². The Morgan fingerprint density at radius 1 is 1.28 bits per heavy atom. The molecule has 2 nitrogen and oxygen atoms in total. The van der Waals surface area contributed by atoms with Crippen molar-refractivity contribution >= 4 is 22.6 Å². The number of hydrogen-bond acceptors (Lipinski definition) is 2. The maximum Gasteiger partial charge on any atom is 0.124 e. The van der Waals surface area contributed by atoms with Crippen molar-refractivity contribution in [1.29, 1.82) is 0 Å². The van der Waals surface area contributed by atoms with Crippen molar-refractivity contribution in [3.8, 4) is 0 Å². The van der Waals surface area contributed by atoms with E-state index in [-0.39, 0.29) is 5.82 Å². The molecule has 4 heteroatoms. The van der Waals surface area contributed by atoms with Gasteiger partial charge in [0.2, 0.25) is 0 Å². The summed E-state index contributed by atoms with van der Waals surface area (Å²) in [6.07, 6.45) is 2.48. The number of piperidine rings is 1. The monoisotopic (exact) mass is 361 g/mol. The van der Waals surface area contributed by atoms with E-state index in [0.717, 1.165) is 36.4 Å². The molecule has 1 aromatic carbocycles. The van der Waals surface area contributed by atoms with Gasteiger partial charge in [0.1, 0.15) is 5.82 Å². The first kappa shape index (κ1) is 12.8. The Morgan fingerprint density at radius 2 is 2.00 bits per heavy atom. The van der Waals surface area contributed by atoms with Gasteiger partial charge in [0, 0.05) is 15.5 Å². The molecule has 0 N–H and O–H groups in total. The summed E-state index contributed by atoms with van der Waals surface area (Å²) in [5.41, 5.74) is 1.73. The highest BCUT2D eigenvalue weighted by Gasteiger charge is 2.40. The molecular formula is C14H17FINO. The molecule has 2 fully saturated rings. The molecule has 2 heterocycles. The summed E-state index contributed by atoms with van der Waals surface area (Å²) in [6.45, 7) is 5.12. The summed E-state index contributed by atoms with van der Waals surface area (Å²) in [7, 11) is 0. The van der Waals surface area contributed by atoms with Gasteiger partial charge >= 0.3 is 0 Å². The quantitative estimate of drug-likeness (QED) is 0.751. The van der Waals surface area contributed by atoms with Gasteiger partial charge in [0.15, 0.2) is 0 Å². The van der Waals surface area contributed by atoms with E-state index in [9.17, 15) is 4.39 Å². The molecule has 1 aromatic rings. The molecule has 3 rings (SSSR count). The lowest BCUT2D eigenvalue weighted by atomic mass is 9.77. The Bertz CT molecular complexity index is 437. The normalized spacial score (nSPS) is 23.0. The number of nitrogens with zero attached hydrogens (tertiary/aromatic N) is 1. The molecule has 1 spiro atoms. The van der Waals surface area contributed by atoms with Gasteiger partial charge < -0.3 is 4.74 Å². The van der Waals surface area contributed by atoms with E-state index in [1.165, 1.54) is 18.4 Å². The minimum absolute atomic E-state index is 0.146. The Kier molecular flexibility index (Phi) is 3.60. The third kappa shape index (κ3) is 2.56. The second-order valence-corrected chi connectivity index (χ2v) is 6.67. The van der Waals surface area contributed by atoms with Crippen LogP contribution in [-0.4, -0.2) is 31.2 Å². The van der Waals surface area contributed by atoms with E-state index in [1.807, 2.05) is 6.07 Å². The van der Waals surface area contributed by atoms with Crippen molar-refractivity contribution < 1.29 is 9.13 Å². The zero-order valence-corrected chi connectivity index (χ0v) is 12.5. The number of likely N-dealkylation sites (tertiary alicyclic amines) is 1. The van der Waals surface area contributed by atoms with E-state index in [2.05, 4.69) is 27.5 Å². The highest BCUT2D eigenvalue weighted by Crippen LogP contribution is 2.38. The van der Waals surface area contributed by atoms with Gasteiger partial charge in [0.05, 0.1) is 13.2 Å². The topological polar surface area (TPSA) is 12.5 Å². The maximum absolute atomic E-state index is 13.0. The van der Waals surface area contributed by atoms with E-state index in [0.29, 0.717) is 5.41 Å². The van der Waals surface area contributed by atoms with Crippen LogP contribution in [0.1, 0.15) is 18.4 Å². The zero-order chi connectivity index (χ0) is 12.6. The minimum Gasteiger partial charge on any atom is -0.380 e. The first-order chi connectivity index (χ1) is 8.67. The molecule has 0 bridgehead atoms. The van der Waals surface area contributed by atoms with Crippen molar-refractivity contribution in [2.45, 2.75) is 19.4 Å². The SMILES string of the molecule is Fc1ccc(CN2CCC3(CC2)COC3)c(I)c1. The second-order valence-electron chi connectivity index (χ2n) is 5.50. The molecule has 2 aliphatic rings. The van der Waals surface area contributed by atoms with Crippen molar-refractivity contribution in [3.63, 3.8) is 0 Å². The minimum atomic E-state index is -0.146. The van der Waals surface area contributed by atoms with Crippen LogP contribution in [0.15, 0.2) is 18.2 Å². The van der Waals surface area contributed by atoms with E-state index < -0.39 is 0 Å². The van der Waals surface area contributed by atoms with Crippen LogP contribution >= 0.6 is 22.6 Å². The number of rotatable bonds is 2. The first-order valence-corrected chi connectivity index (χ1v) is 7.49. The molecule has 0 saturated carbocycles. The van der Waals surface area contributed by atoms with Gasteiger partial charge in [0.25, 0.3) is 0 Å². The summed E-state index contributed by atoms with van der Waals surface area (Å²) >= 11 is 2.22. The van der Waals surface area contributed by atoms with Gasteiger partial charge in [-0.15, -0.1) is 0 Å². The summed E-state index contributed by atoms with van der Waals surface area (Å²) in [5.74, 6) is -0.146. The Hall–Kier alpha value is -0.200. The third-order valence-electron chi connectivity index (χ3n) is 4.14. The molecule has 18 heavy (non-hydrogen) atoms. The Labute approximate surface area is 121 Å². The molecule has 0 aromatic heterocycles. The smallest absolute Gasteiger partial charge is 0.124 e. The fourth-order valence-corrected chi connectivity index (χ4v) is 3.40. The number of ether oxygens (including phenoxy) is 1. The van der Waals surface area contributed by atoms with Gasteiger partial charge in [-0.3, -0.25) is 4.90 Å². The van der Waals surface area contributed by atoms with Gasteiger partial charge in [-0.1, -0.05) is 6.07 Å². The van der Waals surface area contributed by atoms with Crippen LogP contribution in [0.3, 0.4) is 0 Å². The summed E-state index contributed by atoms with van der Waals surface area (Å²) in [5, 5.41) is 0. The van der Waals surface area contributed by atoms with Gasteiger partial charge in [-0.2, -0.15) is 0 Å². The molecule has 0 amide bonds. The average molecular weight is 361 g/mol. The van der Waals surface area contributed by atoms with Crippen LogP contribution in [0, 0.1) is 14.8 Å². The number of halogens is 2. The molecule has 0 atom stereocenters. The summed E-state index contributed by atoms with van der Waals surface area (Å²) < 4.78 is 19.4. The van der Waals surface area contributed by atoms with Gasteiger partial charge in [-0.05, 0) is 66.2 Å². The highest BCUT2D eigenvalue weighted by atomic mass is 127. The van der Waals surface area contributed by atoms with Gasteiger partial charge in [-0.25, -0.2) is 4.39 Å². The lowest BCUT2D eigenvalue weighted by Crippen LogP contribution is -2.50. The predicted octanol–water partition coefficient (Wildman–Crippen LogP) is 3.04. The highest BCUT2D eigenvalue weighted by molar-refractivity contribution is 14.1. The van der Waals surface area contributed by atoms with E-state index >= 15 is 0 Å². The van der Waals surface area contributed by atoms with Crippen LogP contribution in [0.4, 0.5) is 4.39 Å². The largest absolute Gasteiger partial charge is 0.380 e. The fraction of sp³-hybridized carbons (Fsp3) is 0.571. The second kappa shape index (κ2) is 5.06. The first-order valence-electron chi connectivity index (χ1n) is 6.41. The van der Waals surface area contributed by atoms with Crippen LogP contribution < -0.4 is 0 Å². The lowest BCUT2D eigenvalue weighted by Gasteiger charge is -2.47. The van der Waals surface area contributed by atoms with Crippen LogP contribution in [0.5, 0.6) is 0 Å². The lowest BCUT2D eigenvalue weighted by molar-refractivity contribution is -0.140. The molecule has 0 radical (unpaired) electrons. The van der Waals surface area contributed by atoms with E-state index in [4.69, 9.17) is 4.74 Å². The number of benzene rings is 1. The molecule has 2 saturated heterocycles. The Morgan fingerprint density at radius 3 is 2.56 bits per heavy atom. The molecule has 2 aliphatic heterocycles. The molecule has 98 valence electrons. The summed E-state index contributed by atoms with van der Waals surface area (Å²) in [6, 6.07) is 5.08. The van der Waals surface area contributed by atoms with Crippen molar-refractivity contribution in [2.75, 3.05) is 26.3 Å². The van der Waals surface area contributed by atoms with Crippen molar-refractivity contribution in [2.24, 2.45) is 5.41 Å². The van der Waals surface area contributed by atoms with Crippen LogP contribution in [0.25, 0.3) is 0 Å². The number of hydrogen-bond donors (Lipinski definition) is 0. The van der Waals surface area contributed by atoms with Crippen molar-refractivity contribution in [3.05, 3.63) is 33.1 Å².